The van der Waals surface area contributed by atoms with Crippen molar-refractivity contribution >= 4 is 35.3 Å². The van der Waals surface area contributed by atoms with Crippen molar-refractivity contribution in [1.82, 2.24) is 5.32 Å². The summed E-state index contributed by atoms with van der Waals surface area (Å²) >= 11 is 0. The van der Waals surface area contributed by atoms with Gasteiger partial charge in [0, 0.05) is 22.4 Å². The van der Waals surface area contributed by atoms with E-state index in [4.69, 9.17) is 16.2 Å². The first-order valence-electron chi connectivity index (χ1n) is 8.67. The first-order valence-corrected chi connectivity index (χ1v) is 8.67. The van der Waals surface area contributed by atoms with E-state index in [1.807, 2.05) is 0 Å². The number of carbonyl (C=O) groups excluding carboxylic acids is 3. The lowest BCUT2D eigenvalue weighted by Crippen LogP contribution is -2.42. The molecule has 0 bridgehead atoms. The number of carboxylic acids is 1. The van der Waals surface area contributed by atoms with E-state index in [0.717, 1.165) is 7.11 Å². The number of carboxylic acid groups (broad SMARTS) is 1. The zero-order valence-electron chi connectivity index (χ0n) is 16.0. The molecule has 0 aliphatic carbocycles. The monoisotopic (exact) mass is 412 g/mol. The van der Waals surface area contributed by atoms with Crippen LogP contribution in [-0.2, 0) is 14.3 Å². The summed E-state index contributed by atoms with van der Waals surface area (Å²) in [5.41, 5.74) is 6.61. The predicted octanol–water partition coefficient (Wildman–Crippen LogP) is 0.969. The SMILES string of the molecule is COC(=O)[C@H](CC(=O)O)NC(=O)c1cccc(NC(=O)c2ccc(C(=N)N)cc2)c1. The van der Waals surface area contributed by atoms with E-state index in [0.29, 0.717) is 16.8 Å². The van der Waals surface area contributed by atoms with E-state index < -0.39 is 36.2 Å². The van der Waals surface area contributed by atoms with Crippen LogP contribution in [0, 0.1) is 5.41 Å². The fraction of sp³-hybridized carbons (Fsp3) is 0.150. The van der Waals surface area contributed by atoms with Crippen molar-refractivity contribution in [1.29, 1.82) is 5.41 Å². The lowest BCUT2D eigenvalue weighted by atomic mass is 10.1. The van der Waals surface area contributed by atoms with Gasteiger partial charge in [-0.15, -0.1) is 0 Å². The summed E-state index contributed by atoms with van der Waals surface area (Å²) in [6.45, 7) is 0. The summed E-state index contributed by atoms with van der Waals surface area (Å²) in [6, 6.07) is 10.7. The van der Waals surface area contributed by atoms with Gasteiger partial charge in [-0.3, -0.25) is 19.8 Å². The molecule has 0 fully saturated rings. The van der Waals surface area contributed by atoms with Crippen LogP contribution >= 0.6 is 0 Å². The average molecular weight is 412 g/mol. The number of esters is 1. The zero-order valence-corrected chi connectivity index (χ0v) is 16.0. The average Bonchev–Trinajstić information content (AvgIpc) is 2.72. The van der Waals surface area contributed by atoms with Gasteiger partial charge in [0.2, 0.25) is 0 Å². The van der Waals surface area contributed by atoms with Gasteiger partial charge in [0.05, 0.1) is 13.5 Å². The second-order valence-electron chi connectivity index (χ2n) is 6.17. The van der Waals surface area contributed by atoms with Crippen LogP contribution in [0.2, 0.25) is 0 Å². The van der Waals surface area contributed by atoms with Crippen molar-refractivity contribution in [2.24, 2.45) is 5.73 Å². The molecule has 2 aromatic carbocycles. The number of nitrogens with two attached hydrogens (primary N) is 1. The number of methoxy groups -OCH3 is 1. The molecular formula is C20H20N4O6. The summed E-state index contributed by atoms with van der Waals surface area (Å²) in [6.07, 6.45) is -0.634. The Labute approximate surface area is 171 Å². The zero-order chi connectivity index (χ0) is 22.3. The first-order chi connectivity index (χ1) is 14.2. The largest absolute Gasteiger partial charge is 0.481 e. The number of amidine groups is 1. The Balaban J connectivity index is 2.11. The normalized spacial score (nSPS) is 11.1. The number of benzene rings is 2. The van der Waals surface area contributed by atoms with Crippen LogP contribution in [0.5, 0.6) is 0 Å². The Bertz CT molecular complexity index is 987. The van der Waals surface area contributed by atoms with Crippen LogP contribution in [0.3, 0.4) is 0 Å². The van der Waals surface area contributed by atoms with Gasteiger partial charge < -0.3 is 26.2 Å². The molecular weight excluding hydrogens is 392 g/mol. The van der Waals surface area contributed by atoms with Crippen LogP contribution in [0.4, 0.5) is 5.69 Å². The third-order valence-corrected chi connectivity index (χ3v) is 4.01. The summed E-state index contributed by atoms with van der Waals surface area (Å²) in [5.74, 6) is -3.42. The molecule has 10 nitrogen and oxygen atoms in total. The Kier molecular flexibility index (Phi) is 7.23. The molecule has 0 saturated heterocycles. The van der Waals surface area contributed by atoms with Gasteiger partial charge >= 0.3 is 11.9 Å². The number of ether oxygens (including phenoxy) is 1. The minimum Gasteiger partial charge on any atom is -0.481 e. The van der Waals surface area contributed by atoms with Crippen LogP contribution < -0.4 is 16.4 Å². The number of nitrogens with one attached hydrogen (secondary N) is 3. The molecule has 0 spiro atoms. The van der Waals surface area contributed by atoms with E-state index in [1.165, 1.54) is 42.5 Å². The van der Waals surface area contributed by atoms with Crippen LogP contribution in [0.25, 0.3) is 0 Å². The van der Waals surface area contributed by atoms with Crippen LogP contribution in [-0.4, -0.2) is 47.8 Å². The number of rotatable bonds is 8. The van der Waals surface area contributed by atoms with Crippen LogP contribution in [0.1, 0.15) is 32.7 Å². The molecule has 0 unspecified atom stereocenters. The highest BCUT2D eigenvalue weighted by Crippen LogP contribution is 2.14. The third-order valence-electron chi connectivity index (χ3n) is 4.01. The van der Waals surface area contributed by atoms with Gasteiger partial charge in [-0.05, 0) is 30.3 Å². The quantitative estimate of drug-likeness (QED) is 0.244. The topological polar surface area (TPSA) is 172 Å². The van der Waals surface area contributed by atoms with Crippen LogP contribution in [0.15, 0.2) is 48.5 Å². The Morgan fingerprint density at radius 2 is 1.67 bits per heavy atom. The minimum absolute atomic E-state index is 0.110. The number of anilines is 1. The Morgan fingerprint density at radius 3 is 2.23 bits per heavy atom. The van der Waals surface area contributed by atoms with Gasteiger partial charge in [-0.1, -0.05) is 18.2 Å². The number of nitrogen functional groups attached to an aromatic ring is 1. The van der Waals surface area contributed by atoms with Crippen molar-refractivity contribution in [3.05, 3.63) is 65.2 Å². The maximum Gasteiger partial charge on any atom is 0.328 e. The molecule has 156 valence electrons. The summed E-state index contributed by atoms with van der Waals surface area (Å²) < 4.78 is 4.50. The van der Waals surface area contributed by atoms with E-state index in [1.54, 1.807) is 6.07 Å². The number of hydrogen-bond acceptors (Lipinski definition) is 6. The molecule has 1 atom stereocenters. The van der Waals surface area contributed by atoms with Gasteiger partial charge in [-0.25, -0.2) is 4.79 Å². The molecule has 10 heteroatoms. The molecule has 0 aliphatic rings. The third kappa shape index (κ3) is 5.89. The second kappa shape index (κ2) is 9.82. The summed E-state index contributed by atoms with van der Waals surface area (Å²) in [7, 11) is 1.09. The van der Waals surface area contributed by atoms with Crippen molar-refractivity contribution in [2.75, 3.05) is 12.4 Å². The van der Waals surface area contributed by atoms with E-state index >= 15 is 0 Å². The van der Waals surface area contributed by atoms with E-state index in [-0.39, 0.29) is 11.4 Å². The fourth-order valence-electron chi connectivity index (χ4n) is 2.49. The molecule has 6 N–H and O–H groups in total. The number of hydrogen-bond donors (Lipinski definition) is 5. The van der Waals surface area contributed by atoms with Gasteiger partial charge in [0.25, 0.3) is 11.8 Å². The van der Waals surface area contributed by atoms with Crippen molar-refractivity contribution < 1.29 is 29.0 Å². The van der Waals surface area contributed by atoms with Gasteiger partial charge in [0.15, 0.2) is 0 Å². The summed E-state index contributed by atoms with van der Waals surface area (Å²) in [4.78, 5) is 47.4. The van der Waals surface area contributed by atoms with Gasteiger partial charge in [0.1, 0.15) is 11.9 Å². The molecule has 0 aromatic heterocycles. The lowest BCUT2D eigenvalue weighted by molar-refractivity contribution is -0.147. The van der Waals surface area contributed by atoms with Gasteiger partial charge in [-0.2, -0.15) is 0 Å². The smallest absolute Gasteiger partial charge is 0.328 e. The number of carbonyl (C=O) groups is 4. The van der Waals surface area contributed by atoms with E-state index in [9.17, 15) is 19.2 Å². The van der Waals surface area contributed by atoms with Crippen molar-refractivity contribution in [3.8, 4) is 0 Å². The predicted molar refractivity (Wildman–Crippen MR) is 107 cm³/mol. The minimum atomic E-state index is -1.35. The highest BCUT2D eigenvalue weighted by Gasteiger charge is 2.25. The number of amides is 2. The molecule has 0 heterocycles. The molecule has 0 aliphatic heterocycles. The van der Waals surface area contributed by atoms with E-state index in [2.05, 4.69) is 15.4 Å². The lowest BCUT2D eigenvalue weighted by Gasteiger charge is -2.15. The molecule has 30 heavy (non-hydrogen) atoms. The highest BCUT2D eigenvalue weighted by atomic mass is 16.5. The standard InChI is InChI=1S/C20H20N4O6/c1-30-20(29)15(10-16(25)26)24-19(28)13-3-2-4-14(9-13)23-18(27)12-7-5-11(6-8-12)17(21)22/h2-9,15H,10H2,1H3,(H3,21,22)(H,23,27)(H,24,28)(H,25,26)/t15-/m0/s1. The fourth-order valence-corrected chi connectivity index (χ4v) is 2.49. The second-order valence-corrected chi connectivity index (χ2v) is 6.17. The maximum absolute atomic E-state index is 12.4. The molecule has 0 radical (unpaired) electrons. The molecule has 2 rings (SSSR count). The molecule has 2 amide bonds. The molecule has 2 aromatic rings. The number of aliphatic carboxylic acids is 1. The maximum atomic E-state index is 12.4. The Hall–Kier alpha value is -4.21. The molecule has 0 saturated carbocycles. The first kappa shape index (κ1) is 22.1. The van der Waals surface area contributed by atoms with Crippen molar-refractivity contribution in [2.45, 2.75) is 12.5 Å². The summed E-state index contributed by atoms with van der Waals surface area (Å²) in [5, 5.41) is 21.2. The van der Waals surface area contributed by atoms with Crippen molar-refractivity contribution in [3.63, 3.8) is 0 Å². The highest BCUT2D eigenvalue weighted by molar-refractivity contribution is 6.06. The Morgan fingerprint density at radius 1 is 1.03 bits per heavy atom.